The molecule has 0 atom stereocenters. The second-order valence-corrected chi connectivity index (χ2v) is 7.20. The van der Waals surface area contributed by atoms with E-state index < -0.39 is 0 Å². The summed E-state index contributed by atoms with van der Waals surface area (Å²) in [4.78, 5) is 20.9. The summed E-state index contributed by atoms with van der Waals surface area (Å²) in [6.07, 6.45) is 2.39. The molecule has 0 aromatic heterocycles. The maximum absolute atomic E-state index is 12.4. The summed E-state index contributed by atoms with van der Waals surface area (Å²) < 4.78 is 5.07. The van der Waals surface area contributed by atoms with E-state index in [9.17, 15) is 4.79 Å². The van der Waals surface area contributed by atoms with Gasteiger partial charge in [0.15, 0.2) is 5.96 Å². The fraction of sp³-hybridized carbons (Fsp3) is 0.619. The van der Waals surface area contributed by atoms with Gasteiger partial charge in [-0.15, -0.1) is 24.0 Å². The Morgan fingerprint density at radius 2 is 1.79 bits per heavy atom. The second kappa shape index (κ2) is 14.6. The Balaban J connectivity index is 0.00000420. The minimum Gasteiger partial charge on any atom is -0.385 e. The molecule has 0 saturated carbocycles. The van der Waals surface area contributed by atoms with Gasteiger partial charge < -0.3 is 25.2 Å². The van der Waals surface area contributed by atoms with Gasteiger partial charge in [-0.25, -0.2) is 0 Å². The van der Waals surface area contributed by atoms with Crippen LogP contribution in [0.25, 0.3) is 0 Å². The number of hydrogen-bond acceptors (Lipinski definition) is 4. The van der Waals surface area contributed by atoms with Gasteiger partial charge in [-0.05, 0) is 31.0 Å². The van der Waals surface area contributed by atoms with E-state index in [0.717, 1.165) is 64.7 Å². The number of carbonyl (C=O) groups excluding carboxylic acids is 1. The summed E-state index contributed by atoms with van der Waals surface area (Å²) in [6.45, 7) is 5.79. The van der Waals surface area contributed by atoms with E-state index in [2.05, 4.69) is 39.7 Å². The quantitative estimate of drug-likeness (QED) is 0.204. The highest BCUT2D eigenvalue weighted by Crippen LogP contribution is 2.22. The van der Waals surface area contributed by atoms with Gasteiger partial charge in [0.05, 0.1) is 0 Å². The first-order valence-electron chi connectivity index (χ1n) is 10.1. The van der Waals surface area contributed by atoms with E-state index in [4.69, 9.17) is 4.74 Å². The summed E-state index contributed by atoms with van der Waals surface area (Å²) >= 11 is 0. The smallest absolute Gasteiger partial charge is 0.223 e. The second-order valence-electron chi connectivity index (χ2n) is 7.20. The summed E-state index contributed by atoms with van der Waals surface area (Å²) in [7, 11) is 5.61. The largest absolute Gasteiger partial charge is 0.385 e. The fourth-order valence-electron chi connectivity index (χ4n) is 3.29. The first kappa shape index (κ1) is 25.6. The van der Waals surface area contributed by atoms with Crippen LogP contribution in [0, 0.1) is 0 Å². The zero-order valence-electron chi connectivity index (χ0n) is 17.9. The minimum atomic E-state index is 0. The number of hydrogen-bond donors (Lipinski definition) is 2. The third kappa shape index (κ3) is 9.31. The van der Waals surface area contributed by atoms with Gasteiger partial charge in [0.2, 0.25) is 5.91 Å². The van der Waals surface area contributed by atoms with Crippen LogP contribution in [0.2, 0.25) is 0 Å². The van der Waals surface area contributed by atoms with Crippen molar-refractivity contribution >= 4 is 35.8 Å². The molecule has 164 valence electrons. The summed E-state index contributed by atoms with van der Waals surface area (Å²) in [6, 6.07) is 8.28. The Hall–Kier alpha value is -1.39. The average molecular weight is 517 g/mol. The van der Waals surface area contributed by atoms with Crippen molar-refractivity contribution in [2.24, 2.45) is 4.99 Å². The van der Waals surface area contributed by atoms with Crippen LogP contribution in [0.4, 0.5) is 0 Å². The van der Waals surface area contributed by atoms with Crippen LogP contribution in [-0.2, 0) is 22.6 Å². The Morgan fingerprint density at radius 3 is 2.41 bits per heavy atom. The monoisotopic (exact) mass is 517 g/mol. The number of ether oxygens (including phenoxy) is 1. The molecule has 1 aromatic carbocycles. The normalized spacial score (nSPS) is 13.2. The molecule has 0 spiro atoms. The number of guanidine groups is 1. The molecule has 29 heavy (non-hydrogen) atoms. The first-order chi connectivity index (χ1) is 13.6. The van der Waals surface area contributed by atoms with Crippen LogP contribution >= 0.6 is 24.0 Å². The van der Waals surface area contributed by atoms with E-state index in [1.807, 2.05) is 17.0 Å². The molecule has 0 bridgehead atoms. The van der Waals surface area contributed by atoms with Gasteiger partial charge in [0, 0.05) is 66.5 Å². The predicted molar refractivity (Wildman–Crippen MR) is 129 cm³/mol. The van der Waals surface area contributed by atoms with Gasteiger partial charge in [-0.3, -0.25) is 9.79 Å². The van der Waals surface area contributed by atoms with E-state index in [0.29, 0.717) is 6.42 Å². The molecule has 0 fully saturated rings. The SMILES string of the molecule is CN=C(NCCCC(=O)N1Cc2ccccc2C1)NCCN(C)CCCOC.I. The molecule has 1 aliphatic rings. The zero-order chi connectivity index (χ0) is 20.2. The van der Waals surface area contributed by atoms with Crippen LogP contribution in [0.1, 0.15) is 30.4 Å². The number of halogens is 1. The van der Waals surface area contributed by atoms with E-state index >= 15 is 0 Å². The summed E-state index contributed by atoms with van der Waals surface area (Å²) in [5.74, 6) is 1.00. The van der Waals surface area contributed by atoms with E-state index in [1.165, 1.54) is 11.1 Å². The van der Waals surface area contributed by atoms with Crippen molar-refractivity contribution in [1.82, 2.24) is 20.4 Å². The molecule has 2 N–H and O–H groups in total. The molecule has 0 unspecified atom stereocenters. The number of likely N-dealkylation sites (N-methyl/N-ethyl adjacent to an activating group) is 1. The molecule has 1 aliphatic heterocycles. The maximum atomic E-state index is 12.4. The Bertz CT molecular complexity index is 616. The lowest BCUT2D eigenvalue weighted by Crippen LogP contribution is -2.41. The number of nitrogens with zero attached hydrogens (tertiary/aromatic N) is 3. The highest BCUT2D eigenvalue weighted by atomic mass is 127. The van der Waals surface area contributed by atoms with Gasteiger partial charge in [0.1, 0.15) is 0 Å². The molecule has 1 amide bonds. The molecule has 0 aliphatic carbocycles. The van der Waals surface area contributed by atoms with Crippen LogP contribution < -0.4 is 10.6 Å². The van der Waals surface area contributed by atoms with Crippen molar-refractivity contribution in [3.05, 3.63) is 35.4 Å². The number of methoxy groups -OCH3 is 1. The van der Waals surface area contributed by atoms with Gasteiger partial charge >= 0.3 is 0 Å². The zero-order valence-corrected chi connectivity index (χ0v) is 20.3. The lowest BCUT2D eigenvalue weighted by atomic mass is 10.1. The molecule has 0 radical (unpaired) electrons. The Morgan fingerprint density at radius 1 is 1.14 bits per heavy atom. The molecule has 8 heteroatoms. The Kier molecular flexibility index (Phi) is 12.9. The first-order valence-corrected chi connectivity index (χ1v) is 10.1. The molecule has 1 heterocycles. The Labute approximate surface area is 192 Å². The van der Waals surface area contributed by atoms with Crippen LogP contribution in [0.15, 0.2) is 29.3 Å². The summed E-state index contributed by atoms with van der Waals surface area (Å²) in [5, 5.41) is 6.60. The molecule has 0 saturated heterocycles. The number of benzene rings is 1. The van der Waals surface area contributed by atoms with Crippen molar-refractivity contribution in [2.45, 2.75) is 32.4 Å². The van der Waals surface area contributed by atoms with Crippen molar-refractivity contribution < 1.29 is 9.53 Å². The standard InChI is InChI=1S/C21H35N5O2.HI/c1-22-21(24-12-14-25(2)13-7-15-28-3)23-11-6-10-20(27)26-16-18-8-4-5-9-19(18)17-26;/h4-5,8-9H,6-7,10-17H2,1-3H3,(H2,22,23,24);1H. The molecule has 7 nitrogen and oxygen atoms in total. The summed E-state index contributed by atoms with van der Waals surface area (Å²) in [5.41, 5.74) is 2.54. The van der Waals surface area contributed by atoms with Gasteiger partial charge in [-0.2, -0.15) is 0 Å². The fourth-order valence-corrected chi connectivity index (χ4v) is 3.29. The lowest BCUT2D eigenvalue weighted by molar-refractivity contribution is -0.131. The predicted octanol–water partition coefficient (Wildman–Crippen LogP) is 2.06. The van der Waals surface area contributed by atoms with Crippen molar-refractivity contribution in [3.63, 3.8) is 0 Å². The van der Waals surface area contributed by atoms with Crippen molar-refractivity contribution in [2.75, 3.05) is 54.0 Å². The van der Waals surface area contributed by atoms with Crippen LogP contribution in [0.5, 0.6) is 0 Å². The topological polar surface area (TPSA) is 69.2 Å². The van der Waals surface area contributed by atoms with E-state index in [-0.39, 0.29) is 29.9 Å². The highest BCUT2D eigenvalue weighted by molar-refractivity contribution is 14.0. The number of amides is 1. The highest BCUT2D eigenvalue weighted by Gasteiger charge is 2.22. The molecule has 2 rings (SSSR count). The number of nitrogens with one attached hydrogen (secondary N) is 2. The van der Waals surface area contributed by atoms with Gasteiger partial charge in [0.25, 0.3) is 0 Å². The third-order valence-electron chi connectivity index (χ3n) is 4.95. The van der Waals surface area contributed by atoms with Gasteiger partial charge in [-0.1, -0.05) is 24.3 Å². The number of fused-ring (bicyclic) bond motifs is 1. The van der Waals surface area contributed by atoms with Crippen LogP contribution in [0.3, 0.4) is 0 Å². The van der Waals surface area contributed by atoms with Crippen LogP contribution in [-0.4, -0.2) is 75.7 Å². The molecular formula is C21H36IN5O2. The maximum Gasteiger partial charge on any atom is 0.223 e. The molecule has 1 aromatic rings. The lowest BCUT2D eigenvalue weighted by Gasteiger charge is -2.18. The number of aliphatic imine (C=N–C) groups is 1. The minimum absolute atomic E-state index is 0. The molecular weight excluding hydrogens is 481 g/mol. The van der Waals surface area contributed by atoms with Crippen molar-refractivity contribution in [1.29, 1.82) is 0 Å². The number of carbonyl (C=O) groups is 1. The average Bonchev–Trinajstić information content (AvgIpc) is 3.14. The van der Waals surface area contributed by atoms with Crippen molar-refractivity contribution in [3.8, 4) is 0 Å². The number of rotatable bonds is 11. The van der Waals surface area contributed by atoms with E-state index in [1.54, 1.807) is 14.2 Å². The third-order valence-corrected chi connectivity index (χ3v) is 4.95.